The van der Waals surface area contributed by atoms with Crippen LogP contribution in [0.4, 0.5) is 4.79 Å². The molecule has 0 aliphatic heterocycles. The number of rotatable bonds is 9. The predicted molar refractivity (Wildman–Crippen MR) is 60.6 cm³/mol. The zero-order valence-electron chi connectivity index (χ0n) is 9.61. The van der Waals surface area contributed by atoms with Gasteiger partial charge in [-0.05, 0) is 13.3 Å². The molecule has 0 aromatic rings. The Morgan fingerprint density at radius 2 is 2.00 bits per heavy atom. The molecule has 0 aromatic heterocycles. The van der Waals surface area contributed by atoms with Crippen LogP contribution in [0.2, 0.25) is 0 Å². The number of ether oxygens (including phenoxy) is 3. The minimum atomic E-state index is -0.409. The van der Waals surface area contributed by atoms with Gasteiger partial charge in [0.15, 0.2) is 0 Å². The molecule has 92 valence electrons. The Bertz CT molecular complexity index is 208. The fraction of sp³-hybridized carbons (Fsp3) is 0.545. The van der Waals surface area contributed by atoms with Gasteiger partial charge >= 0.3 is 6.09 Å². The summed E-state index contributed by atoms with van der Waals surface area (Å²) < 4.78 is 14.8. The van der Waals surface area contributed by atoms with Crippen molar-refractivity contribution in [1.82, 2.24) is 5.32 Å². The molecule has 0 spiro atoms. The lowest BCUT2D eigenvalue weighted by atomic mass is 10.3. The summed E-state index contributed by atoms with van der Waals surface area (Å²) in [5, 5.41) is 2.60. The normalized spacial score (nSPS) is 9.38. The molecular formula is C11H19NO4. The van der Waals surface area contributed by atoms with Crippen molar-refractivity contribution in [2.24, 2.45) is 0 Å². The molecule has 0 bridgehead atoms. The van der Waals surface area contributed by atoms with Crippen LogP contribution in [0.15, 0.2) is 25.7 Å². The monoisotopic (exact) mass is 229 g/mol. The maximum absolute atomic E-state index is 10.9. The molecule has 0 aliphatic rings. The number of nitrogens with one attached hydrogen (secondary N) is 1. The van der Waals surface area contributed by atoms with Crippen LogP contribution >= 0.6 is 0 Å². The molecule has 0 radical (unpaired) electrons. The number of hydrogen-bond donors (Lipinski definition) is 1. The zero-order valence-corrected chi connectivity index (χ0v) is 9.61. The van der Waals surface area contributed by atoms with Crippen LogP contribution in [0.1, 0.15) is 19.8 Å². The lowest BCUT2D eigenvalue weighted by Crippen LogP contribution is -2.26. The van der Waals surface area contributed by atoms with Gasteiger partial charge in [-0.15, -0.1) is 0 Å². The minimum Gasteiger partial charge on any atom is -0.463 e. The van der Waals surface area contributed by atoms with Gasteiger partial charge in [-0.3, -0.25) is 0 Å². The van der Waals surface area contributed by atoms with E-state index in [1.807, 2.05) is 0 Å². The van der Waals surface area contributed by atoms with Crippen LogP contribution in [0.25, 0.3) is 0 Å². The van der Waals surface area contributed by atoms with Crippen LogP contribution in [-0.2, 0) is 14.2 Å². The van der Waals surface area contributed by atoms with Crippen molar-refractivity contribution in [1.29, 1.82) is 0 Å². The highest BCUT2D eigenvalue weighted by Gasteiger charge is 2.07. The largest absolute Gasteiger partial charge is 0.463 e. The molecule has 5 nitrogen and oxygen atoms in total. The molecule has 0 rings (SSSR count). The Morgan fingerprint density at radius 3 is 2.50 bits per heavy atom. The molecule has 0 fully saturated rings. The Labute approximate surface area is 96.1 Å². The highest BCUT2D eigenvalue weighted by molar-refractivity contribution is 5.66. The van der Waals surface area contributed by atoms with E-state index in [0.717, 1.165) is 0 Å². The van der Waals surface area contributed by atoms with E-state index in [4.69, 9.17) is 14.2 Å². The van der Waals surface area contributed by atoms with E-state index in [-0.39, 0.29) is 0 Å². The quantitative estimate of drug-likeness (QED) is 0.374. The first kappa shape index (κ1) is 14.3. The van der Waals surface area contributed by atoms with Crippen molar-refractivity contribution in [3.63, 3.8) is 0 Å². The molecule has 0 saturated carbocycles. The summed E-state index contributed by atoms with van der Waals surface area (Å²) in [7, 11) is 0. The highest BCUT2D eigenvalue weighted by atomic mass is 16.7. The molecule has 0 unspecified atom stereocenters. The van der Waals surface area contributed by atoms with Crippen molar-refractivity contribution >= 4 is 6.09 Å². The topological polar surface area (TPSA) is 56.8 Å². The van der Waals surface area contributed by atoms with E-state index >= 15 is 0 Å². The molecule has 0 aromatic carbocycles. The summed E-state index contributed by atoms with van der Waals surface area (Å²) in [5.74, 6) is 0. The summed E-state index contributed by atoms with van der Waals surface area (Å²) in [6, 6.07) is 0. The molecule has 1 N–H and O–H groups in total. The molecule has 16 heavy (non-hydrogen) atoms. The van der Waals surface area contributed by atoms with E-state index in [1.54, 1.807) is 6.92 Å². The first-order valence-corrected chi connectivity index (χ1v) is 5.18. The molecule has 0 saturated heterocycles. The van der Waals surface area contributed by atoms with Crippen LogP contribution in [-0.4, -0.2) is 25.5 Å². The van der Waals surface area contributed by atoms with Crippen LogP contribution < -0.4 is 5.32 Å². The SMILES string of the molecule is C=COC(CCCNC(=O)OCC)OC=C. The van der Waals surface area contributed by atoms with Gasteiger partial charge < -0.3 is 19.5 Å². The second kappa shape index (κ2) is 9.89. The molecule has 1 amide bonds. The number of hydrogen-bond acceptors (Lipinski definition) is 4. The average molecular weight is 229 g/mol. The molecule has 0 heterocycles. The summed E-state index contributed by atoms with van der Waals surface area (Å²) in [6.45, 7) is 9.51. The van der Waals surface area contributed by atoms with E-state index in [9.17, 15) is 4.79 Å². The zero-order chi connectivity index (χ0) is 12.2. The smallest absolute Gasteiger partial charge is 0.407 e. The Hall–Kier alpha value is -1.65. The van der Waals surface area contributed by atoms with Gasteiger partial charge in [0.25, 0.3) is 0 Å². The van der Waals surface area contributed by atoms with Gasteiger partial charge in [0.05, 0.1) is 19.1 Å². The number of amides is 1. The fourth-order valence-electron chi connectivity index (χ4n) is 1.02. The van der Waals surface area contributed by atoms with Gasteiger partial charge in [-0.1, -0.05) is 13.2 Å². The predicted octanol–water partition coefficient (Wildman–Crippen LogP) is 2.16. The van der Waals surface area contributed by atoms with E-state index in [1.165, 1.54) is 12.5 Å². The summed E-state index contributed by atoms with van der Waals surface area (Å²) in [4.78, 5) is 10.9. The number of carbonyl (C=O) groups excluding carboxylic acids is 1. The van der Waals surface area contributed by atoms with Crippen LogP contribution in [0.5, 0.6) is 0 Å². The average Bonchev–Trinajstić information content (AvgIpc) is 2.25. The van der Waals surface area contributed by atoms with Crippen molar-refractivity contribution < 1.29 is 19.0 Å². The van der Waals surface area contributed by atoms with Crippen LogP contribution in [0.3, 0.4) is 0 Å². The maximum Gasteiger partial charge on any atom is 0.407 e. The van der Waals surface area contributed by atoms with E-state index in [2.05, 4.69) is 18.5 Å². The molecule has 0 aliphatic carbocycles. The summed E-state index contributed by atoms with van der Waals surface area (Å²) >= 11 is 0. The Kier molecular flexibility index (Phi) is 8.87. The highest BCUT2D eigenvalue weighted by Crippen LogP contribution is 2.04. The van der Waals surface area contributed by atoms with E-state index in [0.29, 0.717) is 26.0 Å². The van der Waals surface area contributed by atoms with Crippen LogP contribution in [0, 0.1) is 0 Å². The summed E-state index contributed by atoms with van der Waals surface area (Å²) in [5.41, 5.74) is 0. The van der Waals surface area contributed by atoms with Crippen molar-refractivity contribution in [3.8, 4) is 0 Å². The fourth-order valence-corrected chi connectivity index (χ4v) is 1.02. The first-order valence-electron chi connectivity index (χ1n) is 5.18. The van der Waals surface area contributed by atoms with Crippen molar-refractivity contribution in [2.45, 2.75) is 26.1 Å². The summed E-state index contributed by atoms with van der Waals surface area (Å²) in [6.07, 6.45) is 3.16. The molecule has 5 heteroatoms. The Morgan fingerprint density at radius 1 is 1.38 bits per heavy atom. The molecule has 0 atom stereocenters. The molecular weight excluding hydrogens is 210 g/mol. The third-order valence-electron chi connectivity index (χ3n) is 1.66. The maximum atomic E-state index is 10.9. The lowest BCUT2D eigenvalue weighted by molar-refractivity contribution is -0.0660. The third-order valence-corrected chi connectivity index (χ3v) is 1.66. The van der Waals surface area contributed by atoms with Gasteiger partial charge in [-0.25, -0.2) is 4.79 Å². The minimum absolute atomic E-state index is 0.369. The standard InChI is InChI=1S/C11H19NO4/c1-4-14-10(15-5-2)8-7-9-12-11(13)16-6-3/h4-5,10H,1-2,6-9H2,3H3,(H,12,13). The van der Waals surface area contributed by atoms with Crippen molar-refractivity contribution in [3.05, 3.63) is 25.7 Å². The first-order chi connectivity index (χ1) is 7.74. The Balaban J connectivity index is 3.56. The lowest BCUT2D eigenvalue weighted by Gasteiger charge is -2.15. The number of carbonyl (C=O) groups is 1. The second-order valence-electron chi connectivity index (χ2n) is 2.82. The van der Waals surface area contributed by atoms with Gasteiger partial charge in [-0.2, -0.15) is 0 Å². The van der Waals surface area contributed by atoms with Gasteiger partial charge in [0, 0.05) is 13.0 Å². The van der Waals surface area contributed by atoms with Gasteiger partial charge in [0.1, 0.15) is 0 Å². The third kappa shape index (κ3) is 7.73. The van der Waals surface area contributed by atoms with Crippen molar-refractivity contribution in [2.75, 3.05) is 13.2 Å². The van der Waals surface area contributed by atoms with E-state index < -0.39 is 12.4 Å². The van der Waals surface area contributed by atoms with Gasteiger partial charge in [0.2, 0.25) is 6.29 Å². The second-order valence-corrected chi connectivity index (χ2v) is 2.82. The number of alkyl carbamates (subject to hydrolysis) is 1.